The summed E-state index contributed by atoms with van der Waals surface area (Å²) in [6.07, 6.45) is 2.30. The van der Waals surface area contributed by atoms with Crippen LogP contribution in [0.3, 0.4) is 0 Å². The van der Waals surface area contributed by atoms with E-state index < -0.39 is 0 Å². The topological polar surface area (TPSA) is 62.2 Å². The van der Waals surface area contributed by atoms with Crippen LogP contribution in [-0.4, -0.2) is 28.6 Å². The number of aliphatic hydroxyl groups is 1. The molecule has 2 aromatic rings. The maximum Gasteiger partial charge on any atom is 0.252 e. The maximum atomic E-state index is 12.4. The zero-order valence-electron chi connectivity index (χ0n) is 11.5. The van der Waals surface area contributed by atoms with Gasteiger partial charge in [-0.05, 0) is 31.9 Å². The number of nitrogens with zero attached hydrogens (tertiary/aromatic N) is 1. The molecule has 1 aromatic heterocycles. The monoisotopic (exact) mass is 270 g/mol. The Bertz CT molecular complexity index is 650. The quantitative estimate of drug-likeness (QED) is 0.895. The fourth-order valence-corrected chi connectivity index (χ4v) is 2.32. The summed E-state index contributed by atoms with van der Waals surface area (Å²) in [6, 6.07) is 9.35. The maximum absolute atomic E-state index is 12.4. The van der Waals surface area contributed by atoms with Gasteiger partial charge in [0.15, 0.2) is 0 Å². The molecule has 1 fully saturated rings. The van der Waals surface area contributed by atoms with Gasteiger partial charge in [0.1, 0.15) is 0 Å². The second-order valence-electron chi connectivity index (χ2n) is 5.44. The van der Waals surface area contributed by atoms with Crippen molar-refractivity contribution in [2.75, 3.05) is 6.61 Å². The molecule has 1 heterocycles. The third-order valence-corrected chi connectivity index (χ3v) is 3.63. The normalized spacial score (nSPS) is 16.1. The number of fused-ring (bicyclic) bond motifs is 1. The number of aromatic nitrogens is 1. The highest BCUT2D eigenvalue weighted by Crippen LogP contribution is 2.40. The minimum absolute atomic E-state index is 0.0652. The Labute approximate surface area is 117 Å². The minimum atomic E-state index is -0.251. The van der Waals surface area contributed by atoms with Gasteiger partial charge in [-0.15, -0.1) is 0 Å². The van der Waals surface area contributed by atoms with E-state index in [1.165, 1.54) is 0 Å². The second-order valence-corrected chi connectivity index (χ2v) is 5.44. The van der Waals surface area contributed by atoms with Crippen LogP contribution in [0.1, 0.15) is 41.7 Å². The predicted octanol–water partition coefficient (Wildman–Crippen LogP) is 2.22. The van der Waals surface area contributed by atoms with Crippen molar-refractivity contribution < 1.29 is 9.90 Å². The first-order chi connectivity index (χ1) is 9.69. The van der Waals surface area contributed by atoms with Crippen LogP contribution in [0.4, 0.5) is 0 Å². The van der Waals surface area contributed by atoms with E-state index in [1.807, 2.05) is 30.3 Å². The molecular weight excluding hydrogens is 252 g/mol. The van der Waals surface area contributed by atoms with Crippen molar-refractivity contribution in [3.8, 4) is 0 Å². The molecule has 1 amide bonds. The van der Waals surface area contributed by atoms with Gasteiger partial charge in [0.25, 0.3) is 5.91 Å². The van der Waals surface area contributed by atoms with Crippen molar-refractivity contribution >= 4 is 16.8 Å². The molecule has 0 radical (unpaired) electrons. The van der Waals surface area contributed by atoms with E-state index >= 15 is 0 Å². The van der Waals surface area contributed by atoms with Gasteiger partial charge in [-0.3, -0.25) is 9.78 Å². The summed E-state index contributed by atoms with van der Waals surface area (Å²) < 4.78 is 0. The molecule has 4 nitrogen and oxygen atoms in total. The molecule has 4 heteroatoms. The van der Waals surface area contributed by atoms with E-state index in [2.05, 4.69) is 10.3 Å². The number of amides is 1. The van der Waals surface area contributed by atoms with E-state index in [9.17, 15) is 4.79 Å². The van der Waals surface area contributed by atoms with E-state index in [0.717, 1.165) is 29.4 Å². The van der Waals surface area contributed by atoms with Crippen molar-refractivity contribution in [2.45, 2.75) is 31.7 Å². The summed E-state index contributed by atoms with van der Waals surface area (Å²) in [4.78, 5) is 17.0. The molecule has 104 valence electrons. The van der Waals surface area contributed by atoms with Crippen LogP contribution in [0, 0.1) is 0 Å². The summed E-state index contributed by atoms with van der Waals surface area (Å²) in [7, 11) is 0. The van der Waals surface area contributed by atoms with Crippen molar-refractivity contribution in [1.29, 1.82) is 0 Å². The first-order valence-electron chi connectivity index (χ1n) is 7.00. The van der Waals surface area contributed by atoms with Crippen LogP contribution < -0.4 is 5.32 Å². The average Bonchev–Trinajstić information content (AvgIpc) is 3.30. The molecule has 0 saturated heterocycles. The van der Waals surface area contributed by atoms with Gasteiger partial charge in [0.05, 0.1) is 17.7 Å². The smallest absolute Gasteiger partial charge is 0.252 e. The predicted molar refractivity (Wildman–Crippen MR) is 77.7 cm³/mol. The Hall–Kier alpha value is -1.94. The van der Waals surface area contributed by atoms with Crippen LogP contribution in [0.25, 0.3) is 10.9 Å². The van der Waals surface area contributed by atoms with Gasteiger partial charge in [-0.2, -0.15) is 0 Å². The van der Waals surface area contributed by atoms with Crippen molar-refractivity contribution in [3.05, 3.63) is 41.6 Å². The van der Waals surface area contributed by atoms with Gasteiger partial charge in [0, 0.05) is 23.0 Å². The summed E-state index contributed by atoms with van der Waals surface area (Å²) in [5.41, 5.74) is 2.52. The van der Waals surface area contributed by atoms with Crippen LogP contribution in [0.15, 0.2) is 30.3 Å². The number of benzene rings is 1. The molecule has 0 aliphatic heterocycles. The summed E-state index contributed by atoms with van der Waals surface area (Å²) in [5, 5.41) is 12.7. The molecule has 20 heavy (non-hydrogen) atoms. The molecule has 1 atom stereocenters. The number of pyridine rings is 1. The molecular formula is C16H18N2O2. The van der Waals surface area contributed by atoms with Gasteiger partial charge >= 0.3 is 0 Å². The van der Waals surface area contributed by atoms with E-state index in [0.29, 0.717) is 11.5 Å². The third kappa shape index (κ3) is 2.51. The first kappa shape index (κ1) is 13.1. The molecule has 1 aromatic carbocycles. The number of rotatable bonds is 4. The molecule has 1 unspecified atom stereocenters. The Morgan fingerprint density at radius 1 is 1.45 bits per heavy atom. The fourth-order valence-electron chi connectivity index (χ4n) is 2.32. The molecule has 3 rings (SSSR count). The van der Waals surface area contributed by atoms with Crippen LogP contribution in [0.5, 0.6) is 0 Å². The molecule has 0 bridgehead atoms. The largest absolute Gasteiger partial charge is 0.394 e. The number of nitrogens with one attached hydrogen (secondary N) is 1. The lowest BCUT2D eigenvalue weighted by Gasteiger charge is -2.13. The Morgan fingerprint density at radius 3 is 2.90 bits per heavy atom. The number of para-hydroxylation sites is 1. The number of hydrogen-bond donors (Lipinski definition) is 2. The van der Waals surface area contributed by atoms with Crippen molar-refractivity contribution in [1.82, 2.24) is 10.3 Å². The van der Waals surface area contributed by atoms with Gasteiger partial charge < -0.3 is 10.4 Å². The Morgan fingerprint density at radius 2 is 2.20 bits per heavy atom. The highest BCUT2D eigenvalue weighted by atomic mass is 16.3. The molecule has 0 spiro atoms. The highest BCUT2D eigenvalue weighted by Gasteiger charge is 2.27. The summed E-state index contributed by atoms with van der Waals surface area (Å²) >= 11 is 0. The number of aliphatic hydroxyl groups excluding tert-OH is 1. The highest BCUT2D eigenvalue weighted by molar-refractivity contribution is 6.06. The van der Waals surface area contributed by atoms with E-state index in [1.54, 1.807) is 6.92 Å². The second kappa shape index (κ2) is 5.21. The van der Waals surface area contributed by atoms with Crippen molar-refractivity contribution in [2.24, 2.45) is 0 Å². The number of carbonyl (C=O) groups excluding carboxylic acids is 1. The number of carbonyl (C=O) groups is 1. The van der Waals surface area contributed by atoms with Gasteiger partial charge in [0.2, 0.25) is 0 Å². The molecule has 1 saturated carbocycles. The number of hydrogen-bond acceptors (Lipinski definition) is 3. The lowest BCUT2D eigenvalue weighted by atomic mass is 10.0. The fraction of sp³-hybridized carbons (Fsp3) is 0.375. The third-order valence-electron chi connectivity index (χ3n) is 3.63. The van der Waals surface area contributed by atoms with Crippen LogP contribution >= 0.6 is 0 Å². The van der Waals surface area contributed by atoms with E-state index in [4.69, 9.17) is 5.11 Å². The lowest BCUT2D eigenvalue weighted by Crippen LogP contribution is -2.35. The minimum Gasteiger partial charge on any atom is -0.394 e. The zero-order chi connectivity index (χ0) is 14.1. The van der Waals surface area contributed by atoms with Crippen LogP contribution in [-0.2, 0) is 0 Å². The summed E-state index contributed by atoms with van der Waals surface area (Å²) in [5.74, 6) is 0.355. The average molecular weight is 270 g/mol. The van der Waals surface area contributed by atoms with Gasteiger partial charge in [-0.1, -0.05) is 18.2 Å². The summed E-state index contributed by atoms with van der Waals surface area (Å²) in [6.45, 7) is 1.72. The van der Waals surface area contributed by atoms with E-state index in [-0.39, 0.29) is 18.6 Å². The van der Waals surface area contributed by atoms with Crippen molar-refractivity contribution in [3.63, 3.8) is 0 Å². The molecule has 2 N–H and O–H groups in total. The Kier molecular flexibility index (Phi) is 3.40. The Balaban J connectivity index is 2.05. The SMILES string of the molecule is CC(CO)NC(=O)c1cc(C2CC2)nc2ccccc12. The first-order valence-corrected chi connectivity index (χ1v) is 7.00. The molecule has 1 aliphatic carbocycles. The standard InChI is InChI=1S/C16H18N2O2/c1-10(9-19)17-16(20)13-8-15(11-6-7-11)18-14-5-3-2-4-12(13)14/h2-5,8,10-11,19H,6-7,9H2,1H3,(H,17,20). The lowest BCUT2D eigenvalue weighted by molar-refractivity contribution is 0.0924. The molecule has 1 aliphatic rings. The zero-order valence-corrected chi connectivity index (χ0v) is 11.5. The van der Waals surface area contributed by atoms with Crippen LogP contribution in [0.2, 0.25) is 0 Å². The van der Waals surface area contributed by atoms with Gasteiger partial charge in [-0.25, -0.2) is 0 Å².